The topological polar surface area (TPSA) is 88.7 Å². The van der Waals surface area contributed by atoms with Crippen LogP contribution >= 0.6 is 0 Å². The molecule has 0 bridgehead atoms. The van der Waals surface area contributed by atoms with Gasteiger partial charge in [0.05, 0.1) is 17.1 Å². The van der Waals surface area contributed by atoms with Gasteiger partial charge in [-0.15, -0.1) is 0 Å². The first kappa shape index (κ1) is 23.2. The molecule has 38 heavy (non-hydrogen) atoms. The van der Waals surface area contributed by atoms with Gasteiger partial charge in [-0.25, -0.2) is 4.98 Å². The number of aryl methyl sites for hydroxylation is 3. The molecule has 0 amide bonds. The zero-order chi connectivity index (χ0) is 26.2. The van der Waals surface area contributed by atoms with E-state index < -0.39 is 0 Å². The van der Waals surface area contributed by atoms with Crippen molar-refractivity contribution in [2.45, 2.75) is 13.8 Å². The average molecular weight is 497 g/mol. The molecule has 7 nitrogen and oxygen atoms in total. The molecule has 0 fully saturated rings. The molecule has 6 rings (SSSR count). The third-order valence-corrected chi connectivity index (χ3v) is 6.60. The molecule has 0 atom stereocenters. The molecule has 3 aromatic carbocycles. The second kappa shape index (κ2) is 9.34. The van der Waals surface area contributed by atoms with Crippen molar-refractivity contribution in [1.29, 1.82) is 5.26 Å². The largest absolute Gasteiger partial charge is 0.436 e. The molecule has 0 aliphatic carbocycles. The quantitative estimate of drug-likeness (QED) is 0.271. The molecular formula is C31H24N6O. The number of nitrogens with one attached hydrogen (secondary N) is 1. The van der Waals surface area contributed by atoms with Gasteiger partial charge in [0.25, 0.3) is 0 Å². The number of hydrogen-bond acceptors (Lipinski definition) is 6. The molecule has 0 spiro atoms. The number of rotatable bonds is 5. The lowest BCUT2D eigenvalue weighted by atomic mass is 9.97. The normalized spacial score (nSPS) is 11.0. The highest BCUT2D eigenvalue weighted by molar-refractivity contribution is 5.96. The fraction of sp³-hybridized carbons (Fsp3) is 0.0968. The summed E-state index contributed by atoms with van der Waals surface area (Å²) in [5.41, 5.74) is 7.11. The van der Waals surface area contributed by atoms with Gasteiger partial charge in [-0.3, -0.25) is 4.98 Å². The summed E-state index contributed by atoms with van der Waals surface area (Å²) in [5, 5.41) is 14.6. The Morgan fingerprint density at radius 3 is 2.45 bits per heavy atom. The molecule has 7 heteroatoms. The van der Waals surface area contributed by atoms with Crippen LogP contribution in [0.4, 0.5) is 11.6 Å². The Balaban J connectivity index is 1.39. The van der Waals surface area contributed by atoms with E-state index in [0.717, 1.165) is 55.5 Å². The molecular weight excluding hydrogens is 472 g/mol. The van der Waals surface area contributed by atoms with Crippen LogP contribution in [0.5, 0.6) is 11.6 Å². The van der Waals surface area contributed by atoms with Gasteiger partial charge in [-0.1, -0.05) is 24.3 Å². The molecule has 3 heterocycles. The second-order valence-corrected chi connectivity index (χ2v) is 9.28. The van der Waals surface area contributed by atoms with Crippen molar-refractivity contribution in [3.05, 3.63) is 102 Å². The van der Waals surface area contributed by atoms with Crippen LogP contribution in [0, 0.1) is 25.2 Å². The zero-order valence-corrected chi connectivity index (χ0v) is 21.2. The first-order chi connectivity index (χ1) is 18.5. The number of anilines is 2. The minimum Gasteiger partial charge on any atom is -0.436 e. The lowest BCUT2D eigenvalue weighted by Crippen LogP contribution is -2.02. The molecule has 184 valence electrons. The number of aromatic nitrogens is 4. The molecule has 0 saturated carbocycles. The van der Waals surface area contributed by atoms with E-state index in [1.165, 1.54) is 0 Å². The van der Waals surface area contributed by atoms with Crippen LogP contribution < -0.4 is 10.1 Å². The zero-order valence-electron chi connectivity index (χ0n) is 21.2. The summed E-state index contributed by atoms with van der Waals surface area (Å²) in [6, 6.07) is 23.7. The maximum Gasteiger partial charge on any atom is 0.249 e. The molecule has 0 radical (unpaired) electrons. The molecule has 1 N–H and O–H groups in total. The van der Waals surface area contributed by atoms with Crippen LogP contribution in [-0.4, -0.2) is 19.5 Å². The van der Waals surface area contributed by atoms with E-state index in [2.05, 4.69) is 45.6 Å². The maximum absolute atomic E-state index is 9.07. The van der Waals surface area contributed by atoms with Crippen molar-refractivity contribution in [3.8, 4) is 28.8 Å². The first-order valence-corrected chi connectivity index (χ1v) is 12.2. The van der Waals surface area contributed by atoms with Crippen molar-refractivity contribution in [2.24, 2.45) is 7.05 Å². The van der Waals surface area contributed by atoms with E-state index in [4.69, 9.17) is 15.0 Å². The van der Waals surface area contributed by atoms with Gasteiger partial charge in [0, 0.05) is 42.3 Å². The Labute approximate surface area is 220 Å². The Kier molecular flexibility index (Phi) is 5.70. The lowest BCUT2D eigenvalue weighted by molar-refractivity contribution is 0.459. The number of nitrogens with zero attached hydrogens (tertiary/aromatic N) is 5. The predicted octanol–water partition coefficient (Wildman–Crippen LogP) is 7.21. The number of pyridine rings is 1. The molecule has 0 aliphatic rings. The number of hydrogen-bond donors (Lipinski definition) is 1. The summed E-state index contributed by atoms with van der Waals surface area (Å²) < 4.78 is 8.47. The monoisotopic (exact) mass is 496 g/mol. The molecule has 0 unspecified atom stereocenters. The fourth-order valence-electron chi connectivity index (χ4n) is 4.75. The van der Waals surface area contributed by atoms with Crippen LogP contribution in [0.1, 0.15) is 16.7 Å². The predicted molar refractivity (Wildman–Crippen MR) is 150 cm³/mol. The van der Waals surface area contributed by atoms with Gasteiger partial charge in [0.1, 0.15) is 11.3 Å². The van der Waals surface area contributed by atoms with Gasteiger partial charge >= 0.3 is 0 Å². The van der Waals surface area contributed by atoms with Gasteiger partial charge in [-0.2, -0.15) is 10.2 Å². The third kappa shape index (κ3) is 4.18. The third-order valence-electron chi connectivity index (χ3n) is 6.60. The van der Waals surface area contributed by atoms with Crippen LogP contribution in [0.15, 0.2) is 85.3 Å². The maximum atomic E-state index is 9.07. The number of benzene rings is 3. The van der Waals surface area contributed by atoms with Crippen molar-refractivity contribution < 1.29 is 4.74 Å². The summed E-state index contributed by atoms with van der Waals surface area (Å²) in [7, 11) is 1.95. The highest BCUT2D eigenvalue weighted by Crippen LogP contribution is 2.37. The summed E-state index contributed by atoms with van der Waals surface area (Å²) in [5.74, 6) is 1.63. The molecule has 3 aromatic heterocycles. The highest BCUT2D eigenvalue weighted by Gasteiger charge is 2.17. The van der Waals surface area contributed by atoms with Crippen LogP contribution in [0.3, 0.4) is 0 Å². The van der Waals surface area contributed by atoms with E-state index >= 15 is 0 Å². The Morgan fingerprint density at radius 1 is 0.921 bits per heavy atom. The van der Waals surface area contributed by atoms with E-state index in [-0.39, 0.29) is 0 Å². The van der Waals surface area contributed by atoms with Gasteiger partial charge in [0.15, 0.2) is 0 Å². The Bertz CT molecular complexity index is 1840. The van der Waals surface area contributed by atoms with Gasteiger partial charge in [-0.05, 0) is 78.4 Å². The van der Waals surface area contributed by atoms with E-state index in [9.17, 15) is 0 Å². The minimum atomic E-state index is 0.414. The van der Waals surface area contributed by atoms with Crippen LogP contribution in [-0.2, 0) is 7.05 Å². The summed E-state index contributed by atoms with van der Waals surface area (Å²) in [4.78, 5) is 13.9. The molecule has 0 saturated heterocycles. The molecule has 0 aliphatic heterocycles. The SMILES string of the molecule is Cc1cc(-c2cncc3ccccc23)cc(C)c1Oc1nc(Nc2ccc(C#N)cc2)nc2ccn(C)c12. The smallest absolute Gasteiger partial charge is 0.249 e. The summed E-state index contributed by atoms with van der Waals surface area (Å²) in [6.07, 6.45) is 5.74. The lowest BCUT2D eigenvalue weighted by Gasteiger charge is -2.16. The standard InChI is InChI=1S/C31H24N6O/c1-19-14-23(26-18-33-17-22-6-4-5-7-25(22)26)15-20(2)29(19)38-30-28-27(12-13-37(28)3)35-31(36-30)34-24-10-8-21(16-32)9-11-24/h4-15,17-18H,1-3H3,(H,34,35,36). The second-order valence-electron chi connectivity index (χ2n) is 9.28. The highest BCUT2D eigenvalue weighted by atomic mass is 16.5. The van der Waals surface area contributed by atoms with Crippen molar-refractivity contribution in [2.75, 3.05) is 5.32 Å². The van der Waals surface area contributed by atoms with Gasteiger partial charge in [0.2, 0.25) is 11.8 Å². The average Bonchev–Trinajstić information content (AvgIpc) is 3.31. The van der Waals surface area contributed by atoms with Crippen LogP contribution in [0.2, 0.25) is 0 Å². The van der Waals surface area contributed by atoms with Crippen molar-refractivity contribution in [3.63, 3.8) is 0 Å². The van der Waals surface area contributed by atoms with Crippen LogP contribution in [0.25, 0.3) is 32.9 Å². The van der Waals surface area contributed by atoms with E-state index in [1.54, 1.807) is 12.1 Å². The fourth-order valence-corrected chi connectivity index (χ4v) is 4.75. The van der Waals surface area contributed by atoms with Crippen molar-refractivity contribution in [1.82, 2.24) is 19.5 Å². The number of nitriles is 1. The van der Waals surface area contributed by atoms with Gasteiger partial charge < -0.3 is 14.6 Å². The number of fused-ring (bicyclic) bond motifs is 2. The summed E-state index contributed by atoms with van der Waals surface area (Å²) in [6.45, 7) is 4.09. The Hall–Kier alpha value is -5.22. The Morgan fingerprint density at radius 2 is 1.68 bits per heavy atom. The minimum absolute atomic E-state index is 0.414. The van der Waals surface area contributed by atoms with E-state index in [1.807, 2.05) is 74.4 Å². The molecule has 6 aromatic rings. The first-order valence-electron chi connectivity index (χ1n) is 12.2. The summed E-state index contributed by atoms with van der Waals surface area (Å²) >= 11 is 0. The van der Waals surface area contributed by atoms with Crippen molar-refractivity contribution >= 4 is 33.4 Å². The van der Waals surface area contributed by atoms with E-state index in [0.29, 0.717) is 17.4 Å². The number of ether oxygens (including phenoxy) is 1.